The molecule has 0 unspecified atom stereocenters. The normalized spacial score (nSPS) is 18.4. The van der Waals surface area contributed by atoms with Gasteiger partial charge >= 0.3 is 0 Å². The van der Waals surface area contributed by atoms with Crippen LogP contribution in [-0.4, -0.2) is 11.1 Å². The van der Waals surface area contributed by atoms with Crippen LogP contribution < -0.4 is 5.32 Å². The van der Waals surface area contributed by atoms with E-state index in [1.165, 1.54) is 25.1 Å². The molecule has 15 heavy (non-hydrogen) atoms. The van der Waals surface area contributed by atoms with E-state index in [-0.39, 0.29) is 0 Å². The number of nitrogens with one attached hydrogen (secondary N) is 1. The first kappa shape index (κ1) is 10.7. The van der Waals surface area contributed by atoms with Crippen LogP contribution in [0.25, 0.3) is 0 Å². The van der Waals surface area contributed by atoms with Crippen molar-refractivity contribution >= 4 is 0 Å². The highest BCUT2D eigenvalue weighted by molar-refractivity contribution is 5.06. The van der Waals surface area contributed by atoms with Gasteiger partial charge in [-0.15, -0.1) is 0 Å². The van der Waals surface area contributed by atoms with Gasteiger partial charge in [-0.05, 0) is 36.3 Å². The average Bonchev–Trinajstić information content (AvgIpc) is 2.87. The minimum absolute atomic E-state index is 0.616. The van der Waals surface area contributed by atoms with Crippen molar-refractivity contribution in [1.29, 1.82) is 0 Å². The predicted octanol–water partition coefficient (Wildman–Crippen LogP) is 2.55. The van der Waals surface area contributed by atoms with Gasteiger partial charge in [-0.25, -0.2) is 0 Å². The molecule has 1 fully saturated rings. The Morgan fingerprint density at radius 2 is 2.20 bits per heavy atom. The van der Waals surface area contributed by atoms with Crippen molar-refractivity contribution in [3.05, 3.63) is 24.0 Å². The first-order valence-electron chi connectivity index (χ1n) is 5.95. The van der Waals surface area contributed by atoms with Gasteiger partial charge < -0.3 is 9.88 Å². The Morgan fingerprint density at radius 1 is 1.47 bits per heavy atom. The van der Waals surface area contributed by atoms with E-state index in [1.807, 2.05) is 0 Å². The van der Waals surface area contributed by atoms with E-state index in [4.69, 9.17) is 0 Å². The van der Waals surface area contributed by atoms with Gasteiger partial charge in [0.2, 0.25) is 0 Å². The minimum atomic E-state index is 0.616. The van der Waals surface area contributed by atoms with Crippen LogP contribution >= 0.6 is 0 Å². The molecule has 0 aromatic carbocycles. The number of hydrogen-bond donors (Lipinski definition) is 1. The number of nitrogens with zero attached hydrogens (tertiary/aromatic N) is 1. The topological polar surface area (TPSA) is 17.0 Å². The summed E-state index contributed by atoms with van der Waals surface area (Å²) in [7, 11) is 2.10. The van der Waals surface area contributed by atoms with E-state index in [9.17, 15) is 0 Å². The zero-order valence-electron chi connectivity index (χ0n) is 10.1. The molecule has 1 N–H and O–H groups in total. The number of hydrogen-bond acceptors (Lipinski definition) is 1. The fourth-order valence-electron chi connectivity index (χ4n) is 2.24. The van der Waals surface area contributed by atoms with Gasteiger partial charge in [-0.3, -0.25) is 0 Å². The van der Waals surface area contributed by atoms with E-state index in [0.29, 0.717) is 5.41 Å². The standard InChI is InChI=1S/C13H22N2/c1-11(2)13(6-7-13)10-14-9-12-5-4-8-15(12)3/h4-5,8,11,14H,6-7,9-10H2,1-3H3. The molecule has 1 aromatic rings. The van der Waals surface area contributed by atoms with Crippen LogP contribution in [0.15, 0.2) is 18.3 Å². The van der Waals surface area contributed by atoms with E-state index in [1.54, 1.807) is 0 Å². The summed E-state index contributed by atoms with van der Waals surface area (Å²) in [4.78, 5) is 0. The predicted molar refractivity (Wildman–Crippen MR) is 63.6 cm³/mol. The molecule has 84 valence electrons. The Labute approximate surface area is 92.7 Å². The lowest BCUT2D eigenvalue weighted by Gasteiger charge is -2.20. The minimum Gasteiger partial charge on any atom is -0.353 e. The van der Waals surface area contributed by atoms with Crippen LogP contribution in [-0.2, 0) is 13.6 Å². The highest BCUT2D eigenvalue weighted by atomic mass is 15.0. The molecule has 0 aliphatic heterocycles. The monoisotopic (exact) mass is 206 g/mol. The molecule has 0 spiro atoms. The van der Waals surface area contributed by atoms with Crippen LogP contribution in [0.3, 0.4) is 0 Å². The maximum atomic E-state index is 3.59. The van der Waals surface area contributed by atoms with Crippen molar-refractivity contribution in [2.75, 3.05) is 6.54 Å². The lowest BCUT2D eigenvalue weighted by molar-refractivity contribution is 0.336. The number of aromatic nitrogens is 1. The van der Waals surface area contributed by atoms with Crippen molar-refractivity contribution in [1.82, 2.24) is 9.88 Å². The summed E-state index contributed by atoms with van der Waals surface area (Å²) < 4.78 is 2.18. The first-order valence-corrected chi connectivity index (χ1v) is 5.95. The van der Waals surface area contributed by atoms with Crippen molar-refractivity contribution in [3.8, 4) is 0 Å². The van der Waals surface area contributed by atoms with Gasteiger partial charge in [0.1, 0.15) is 0 Å². The number of aryl methyl sites for hydroxylation is 1. The highest BCUT2D eigenvalue weighted by Gasteiger charge is 2.44. The summed E-state index contributed by atoms with van der Waals surface area (Å²) in [5.41, 5.74) is 1.99. The molecule has 2 nitrogen and oxygen atoms in total. The third-order valence-corrected chi connectivity index (χ3v) is 3.95. The second-order valence-electron chi connectivity index (χ2n) is 5.23. The zero-order chi connectivity index (χ0) is 10.9. The fraction of sp³-hybridized carbons (Fsp3) is 0.692. The third-order valence-electron chi connectivity index (χ3n) is 3.95. The molecule has 0 saturated heterocycles. The molecule has 1 aliphatic carbocycles. The van der Waals surface area contributed by atoms with Gasteiger partial charge in [0.05, 0.1) is 0 Å². The molecule has 1 heterocycles. The van der Waals surface area contributed by atoms with Gasteiger partial charge in [0.15, 0.2) is 0 Å². The fourth-order valence-corrected chi connectivity index (χ4v) is 2.24. The maximum Gasteiger partial charge on any atom is 0.0359 e. The molecular weight excluding hydrogens is 184 g/mol. The largest absolute Gasteiger partial charge is 0.353 e. The molecule has 2 rings (SSSR count). The van der Waals surface area contributed by atoms with Crippen LogP contribution in [0.2, 0.25) is 0 Å². The van der Waals surface area contributed by atoms with E-state index in [0.717, 1.165) is 12.5 Å². The van der Waals surface area contributed by atoms with Gasteiger partial charge in [0.25, 0.3) is 0 Å². The lowest BCUT2D eigenvalue weighted by Crippen LogP contribution is -2.27. The Kier molecular flexibility index (Phi) is 2.87. The van der Waals surface area contributed by atoms with Gasteiger partial charge in [-0.2, -0.15) is 0 Å². The smallest absolute Gasteiger partial charge is 0.0359 e. The van der Waals surface area contributed by atoms with Crippen molar-refractivity contribution < 1.29 is 0 Å². The molecule has 0 bridgehead atoms. The quantitative estimate of drug-likeness (QED) is 0.783. The van der Waals surface area contributed by atoms with E-state index >= 15 is 0 Å². The second-order valence-corrected chi connectivity index (χ2v) is 5.23. The lowest BCUT2D eigenvalue weighted by atomic mass is 9.92. The summed E-state index contributed by atoms with van der Waals surface area (Å²) in [6, 6.07) is 4.29. The van der Waals surface area contributed by atoms with Crippen LogP contribution in [0.1, 0.15) is 32.4 Å². The molecule has 1 aliphatic rings. The van der Waals surface area contributed by atoms with Crippen LogP contribution in [0.5, 0.6) is 0 Å². The molecule has 1 aromatic heterocycles. The van der Waals surface area contributed by atoms with Gasteiger partial charge in [0, 0.05) is 32.0 Å². The second kappa shape index (κ2) is 4.01. The van der Waals surface area contributed by atoms with E-state index in [2.05, 4.69) is 49.1 Å². The highest BCUT2D eigenvalue weighted by Crippen LogP contribution is 2.51. The maximum absolute atomic E-state index is 3.59. The van der Waals surface area contributed by atoms with Crippen molar-refractivity contribution in [2.45, 2.75) is 33.2 Å². The summed E-state index contributed by atoms with van der Waals surface area (Å²) >= 11 is 0. The number of rotatable bonds is 5. The Balaban J connectivity index is 1.78. The van der Waals surface area contributed by atoms with Crippen molar-refractivity contribution in [2.24, 2.45) is 18.4 Å². The molecule has 1 saturated carbocycles. The van der Waals surface area contributed by atoms with Crippen LogP contribution in [0, 0.1) is 11.3 Å². The molecule has 0 amide bonds. The molecule has 0 atom stereocenters. The average molecular weight is 206 g/mol. The Morgan fingerprint density at radius 3 is 2.67 bits per heavy atom. The van der Waals surface area contributed by atoms with Crippen LogP contribution in [0.4, 0.5) is 0 Å². The summed E-state index contributed by atoms with van der Waals surface area (Å²) in [5, 5.41) is 3.59. The zero-order valence-corrected chi connectivity index (χ0v) is 10.1. The summed E-state index contributed by atoms with van der Waals surface area (Å²) in [5.74, 6) is 0.818. The van der Waals surface area contributed by atoms with Gasteiger partial charge in [-0.1, -0.05) is 13.8 Å². The molecular formula is C13H22N2. The Hall–Kier alpha value is -0.760. The molecule has 2 heteroatoms. The summed E-state index contributed by atoms with van der Waals surface area (Å²) in [6.07, 6.45) is 4.92. The third kappa shape index (κ3) is 2.25. The SMILES string of the molecule is CC(C)C1(CNCc2cccn2C)CC1. The summed E-state index contributed by atoms with van der Waals surface area (Å²) in [6.45, 7) is 6.86. The van der Waals surface area contributed by atoms with Crippen molar-refractivity contribution in [3.63, 3.8) is 0 Å². The molecule has 0 radical (unpaired) electrons. The Bertz CT molecular complexity index is 321. The van der Waals surface area contributed by atoms with E-state index < -0.39 is 0 Å². The first-order chi connectivity index (χ1) is 7.14.